The molecular formula is C20H19ClN4O4S. The van der Waals surface area contributed by atoms with Crippen molar-refractivity contribution in [3.63, 3.8) is 0 Å². The van der Waals surface area contributed by atoms with Gasteiger partial charge in [0.2, 0.25) is 5.91 Å². The first-order valence-corrected chi connectivity index (χ1v) is 10.5. The Hall–Kier alpha value is -2.75. The van der Waals surface area contributed by atoms with Crippen LogP contribution in [0.1, 0.15) is 15.2 Å². The van der Waals surface area contributed by atoms with E-state index >= 15 is 0 Å². The Balaban J connectivity index is 1.61. The highest BCUT2D eigenvalue weighted by Gasteiger charge is 2.22. The predicted molar refractivity (Wildman–Crippen MR) is 115 cm³/mol. The minimum absolute atomic E-state index is 0.0990. The topological polar surface area (TPSA) is 93.5 Å². The summed E-state index contributed by atoms with van der Waals surface area (Å²) in [4.78, 5) is 45.1. The van der Waals surface area contributed by atoms with Crippen LogP contribution in [0, 0.1) is 6.92 Å². The lowest BCUT2D eigenvalue weighted by Crippen LogP contribution is -2.43. The van der Waals surface area contributed by atoms with Crippen molar-refractivity contribution in [2.75, 3.05) is 31.6 Å². The van der Waals surface area contributed by atoms with Crippen molar-refractivity contribution in [2.45, 2.75) is 13.5 Å². The van der Waals surface area contributed by atoms with Gasteiger partial charge in [-0.25, -0.2) is 4.98 Å². The van der Waals surface area contributed by atoms with Gasteiger partial charge in [0, 0.05) is 13.1 Å². The lowest BCUT2D eigenvalue weighted by atomic mass is 10.2. The first-order valence-electron chi connectivity index (χ1n) is 9.35. The summed E-state index contributed by atoms with van der Waals surface area (Å²) in [6.07, 6.45) is 1.36. The molecule has 4 rings (SSSR count). The van der Waals surface area contributed by atoms with Crippen LogP contribution in [-0.4, -0.2) is 52.6 Å². The third-order valence-electron chi connectivity index (χ3n) is 4.91. The molecule has 0 unspecified atom stereocenters. The number of thiophene rings is 1. The summed E-state index contributed by atoms with van der Waals surface area (Å²) in [5.74, 6) is -0.523. The molecule has 0 atom stereocenters. The predicted octanol–water partition coefficient (Wildman–Crippen LogP) is 2.53. The molecule has 8 nitrogen and oxygen atoms in total. The standard InChI is InChI=1S/C20H19ClN4O4S/c1-12-16-19(30-17(12)18(27)23-14-5-3-2-4-13(14)21)22-11-25(20(16)28)10-15(26)24-6-8-29-9-7-24/h2-5,11H,6-10H2,1H3,(H,23,27). The van der Waals surface area contributed by atoms with Crippen molar-refractivity contribution >= 4 is 50.7 Å². The molecule has 3 aromatic rings. The van der Waals surface area contributed by atoms with Gasteiger partial charge in [0.05, 0.1) is 40.5 Å². The number of ether oxygens (including phenoxy) is 1. The third kappa shape index (κ3) is 3.96. The first-order chi connectivity index (χ1) is 14.5. The van der Waals surface area contributed by atoms with Crippen molar-refractivity contribution in [1.82, 2.24) is 14.5 Å². The monoisotopic (exact) mass is 446 g/mol. The number of para-hydroxylation sites is 1. The molecule has 1 aliphatic rings. The molecule has 1 aromatic carbocycles. The second kappa shape index (κ2) is 8.55. The Labute approximate surface area is 181 Å². The summed E-state index contributed by atoms with van der Waals surface area (Å²) >= 11 is 7.25. The normalized spacial score (nSPS) is 14.1. The number of amides is 2. The van der Waals surface area contributed by atoms with Gasteiger partial charge in [-0.3, -0.25) is 19.0 Å². The van der Waals surface area contributed by atoms with Gasteiger partial charge in [-0.05, 0) is 24.6 Å². The van der Waals surface area contributed by atoms with Crippen molar-refractivity contribution in [3.05, 3.63) is 56.4 Å². The van der Waals surface area contributed by atoms with Crippen LogP contribution in [0.15, 0.2) is 35.4 Å². The lowest BCUT2D eigenvalue weighted by Gasteiger charge is -2.26. The number of nitrogens with zero attached hydrogens (tertiary/aromatic N) is 3. The van der Waals surface area contributed by atoms with E-state index in [1.807, 2.05) is 0 Å². The largest absolute Gasteiger partial charge is 0.378 e. The van der Waals surface area contributed by atoms with Crippen LogP contribution >= 0.6 is 22.9 Å². The average Bonchev–Trinajstić information content (AvgIpc) is 3.09. The quantitative estimate of drug-likeness (QED) is 0.664. The van der Waals surface area contributed by atoms with Crippen LogP contribution in [0.3, 0.4) is 0 Å². The van der Waals surface area contributed by atoms with Crippen LogP contribution < -0.4 is 10.9 Å². The van der Waals surface area contributed by atoms with Gasteiger partial charge in [0.15, 0.2) is 0 Å². The average molecular weight is 447 g/mol. The van der Waals surface area contributed by atoms with E-state index in [2.05, 4.69) is 10.3 Å². The highest BCUT2D eigenvalue weighted by molar-refractivity contribution is 7.20. The fourth-order valence-corrected chi connectivity index (χ4v) is 4.51. The van der Waals surface area contributed by atoms with E-state index < -0.39 is 0 Å². The molecule has 0 aliphatic carbocycles. The number of morpholine rings is 1. The first kappa shape index (κ1) is 20.5. The van der Waals surface area contributed by atoms with Crippen LogP contribution in [0.25, 0.3) is 10.2 Å². The number of hydrogen-bond donors (Lipinski definition) is 1. The van der Waals surface area contributed by atoms with E-state index in [0.29, 0.717) is 57.7 Å². The number of fused-ring (bicyclic) bond motifs is 1. The minimum atomic E-state index is -0.362. The van der Waals surface area contributed by atoms with E-state index in [4.69, 9.17) is 16.3 Å². The molecule has 0 bridgehead atoms. The zero-order chi connectivity index (χ0) is 21.3. The molecule has 0 radical (unpaired) electrons. The number of halogens is 1. The number of hydrogen-bond acceptors (Lipinski definition) is 6. The Morgan fingerprint density at radius 2 is 2.00 bits per heavy atom. The number of nitrogens with one attached hydrogen (secondary N) is 1. The minimum Gasteiger partial charge on any atom is -0.378 e. The smallest absolute Gasteiger partial charge is 0.266 e. The number of aromatic nitrogens is 2. The van der Waals surface area contributed by atoms with Gasteiger partial charge in [0.25, 0.3) is 11.5 Å². The van der Waals surface area contributed by atoms with Crippen molar-refractivity contribution in [3.8, 4) is 0 Å². The number of benzene rings is 1. The molecule has 0 saturated carbocycles. The number of carbonyl (C=O) groups excluding carboxylic acids is 2. The summed E-state index contributed by atoms with van der Waals surface area (Å²) < 4.78 is 6.54. The van der Waals surface area contributed by atoms with Gasteiger partial charge in [0.1, 0.15) is 11.4 Å². The van der Waals surface area contributed by atoms with Crippen LogP contribution in [0.2, 0.25) is 5.02 Å². The van der Waals surface area contributed by atoms with E-state index in [-0.39, 0.29) is 23.9 Å². The maximum Gasteiger partial charge on any atom is 0.266 e. The fourth-order valence-electron chi connectivity index (χ4n) is 3.29. The molecule has 1 N–H and O–H groups in total. The molecule has 30 heavy (non-hydrogen) atoms. The molecule has 1 fully saturated rings. The van der Waals surface area contributed by atoms with Crippen LogP contribution in [0.4, 0.5) is 5.69 Å². The summed E-state index contributed by atoms with van der Waals surface area (Å²) in [7, 11) is 0. The Kier molecular flexibility index (Phi) is 5.85. The zero-order valence-corrected chi connectivity index (χ0v) is 17.8. The second-order valence-electron chi connectivity index (χ2n) is 6.84. The second-order valence-corrected chi connectivity index (χ2v) is 8.25. The Morgan fingerprint density at radius 1 is 1.27 bits per heavy atom. The molecule has 10 heteroatoms. The van der Waals surface area contributed by atoms with E-state index in [1.165, 1.54) is 10.9 Å². The molecule has 0 spiro atoms. The van der Waals surface area contributed by atoms with Crippen LogP contribution in [0.5, 0.6) is 0 Å². The summed E-state index contributed by atoms with van der Waals surface area (Å²) in [5, 5.41) is 3.54. The van der Waals surface area contributed by atoms with Crippen molar-refractivity contribution in [2.24, 2.45) is 0 Å². The molecule has 3 heterocycles. The van der Waals surface area contributed by atoms with Crippen LogP contribution in [-0.2, 0) is 16.1 Å². The number of aryl methyl sites for hydroxylation is 1. The maximum absolute atomic E-state index is 13.0. The van der Waals surface area contributed by atoms with E-state index in [1.54, 1.807) is 36.1 Å². The molecule has 156 valence electrons. The highest BCUT2D eigenvalue weighted by atomic mass is 35.5. The van der Waals surface area contributed by atoms with Crippen molar-refractivity contribution in [1.29, 1.82) is 0 Å². The Bertz CT molecular complexity index is 1180. The van der Waals surface area contributed by atoms with E-state index in [9.17, 15) is 14.4 Å². The SMILES string of the molecule is Cc1c(C(=O)Nc2ccccc2Cl)sc2ncn(CC(=O)N3CCOCC3)c(=O)c12. The summed E-state index contributed by atoms with van der Waals surface area (Å²) in [6.45, 7) is 3.60. The molecule has 2 amide bonds. The molecule has 1 aliphatic heterocycles. The van der Waals surface area contributed by atoms with Crippen molar-refractivity contribution < 1.29 is 14.3 Å². The molecule has 1 saturated heterocycles. The molecular weight excluding hydrogens is 428 g/mol. The zero-order valence-electron chi connectivity index (χ0n) is 16.2. The van der Waals surface area contributed by atoms with Gasteiger partial charge in [-0.1, -0.05) is 23.7 Å². The van der Waals surface area contributed by atoms with E-state index in [0.717, 1.165) is 11.3 Å². The fraction of sp³-hybridized carbons (Fsp3) is 0.300. The number of anilines is 1. The summed E-state index contributed by atoms with van der Waals surface area (Å²) in [6, 6.07) is 6.92. The number of carbonyl (C=O) groups is 2. The summed E-state index contributed by atoms with van der Waals surface area (Å²) in [5.41, 5.74) is 0.680. The van der Waals surface area contributed by atoms with Gasteiger partial charge >= 0.3 is 0 Å². The highest BCUT2D eigenvalue weighted by Crippen LogP contribution is 2.29. The van der Waals surface area contributed by atoms with Gasteiger partial charge in [-0.2, -0.15) is 0 Å². The Morgan fingerprint density at radius 3 is 2.73 bits per heavy atom. The lowest BCUT2D eigenvalue weighted by molar-refractivity contribution is -0.135. The molecule has 2 aromatic heterocycles. The van der Waals surface area contributed by atoms with Gasteiger partial charge in [-0.15, -0.1) is 11.3 Å². The maximum atomic E-state index is 13.0. The third-order valence-corrected chi connectivity index (χ3v) is 6.44. The van der Waals surface area contributed by atoms with Gasteiger partial charge < -0.3 is 15.0 Å². The number of rotatable bonds is 4.